The van der Waals surface area contributed by atoms with Crippen LogP contribution in [0.2, 0.25) is 0 Å². The first-order chi connectivity index (χ1) is 7.33. The summed E-state index contributed by atoms with van der Waals surface area (Å²) in [7, 11) is 2.00. The molecule has 1 aromatic rings. The highest BCUT2D eigenvalue weighted by Gasteiger charge is 2.36. The molecule has 16 heavy (non-hydrogen) atoms. The highest BCUT2D eigenvalue weighted by atomic mass is 15.3. The number of hydrogen-bond acceptors (Lipinski definition) is 3. The lowest BCUT2D eigenvalue weighted by Crippen LogP contribution is -2.28. The number of hydrogen-bond donors (Lipinski definition) is 1. The van der Waals surface area contributed by atoms with Crippen LogP contribution in [0.3, 0.4) is 0 Å². The minimum absolute atomic E-state index is 0.0262. The van der Waals surface area contributed by atoms with Gasteiger partial charge in [-0.2, -0.15) is 5.10 Å². The van der Waals surface area contributed by atoms with Crippen LogP contribution < -0.4 is 5.32 Å². The second-order valence-corrected chi connectivity index (χ2v) is 6.12. The van der Waals surface area contributed by atoms with E-state index in [1.54, 1.807) is 0 Å². The molecule has 90 valence electrons. The molecule has 1 aromatic heterocycles. The van der Waals surface area contributed by atoms with Crippen molar-refractivity contribution in [2.24, 2.45) is 7.05 Å². The lowest BCUT2D eigenvalue weighted by atomic mass is 9.88. The Labute approximate surface area is 97.5 Å². The van der Waals surface area contributed by atoms with E-state index < -0.39 is 0 Å². The average molecular weight is 222 g/mol. The number of nitrogens with one attached hydrogen (secondary N) is 1. The predicted octanol–water partition coefficient (Wildman–Crippen LogP) is 1.36. The van der Waals surface area contributed by atoms with Crippen molar-refractivity contribution >= 4 is 0 Å². The summed E-state index contributed by atoms with van der Waals surface area (Å²) in [6.45, 7) is 10.8. The quantitative estimate of drug-likeness (QED) is 0.780. The smallest absolute Gasteiger partial charge is 0.156 e. The Kier molecular flexibility index (Phi) is 2.57. The summed E-state index contributed by atoms with van der Waals surface area (Å²) in [5.74, 6) is 2.06. The third-order valence-electron chi connectivity index (χ3n) is 3.34. The summed E-state index contributed by atoms with van der Waals surface area (Å²) in [5, 5.41) is 7.95. The van der Waals surface area contributed by atoms with Crippen molar-refractivity contribution < 1.29 is 0 Å². The molecule has 1 fully saturated rings. The zero-order valence-electron chi connectivity index (χ0n) is 11.0. The average Bonchev–Trinajstić information content (AvgIpc) is 2.71. The topological polar surface area (TPSA) is 42.7 Å². The van der Waals surface area contributed by atoms with Crippen molar-refractivity contribution in [1.82, 2.24) is 20.1 Å². The van der Waals surface area contributed by atoms with E-state index in [0.29, 0.717) is 0 Å². The molecule has 0 amide bonds. The number of aromatic nitrogens is 3. The van der Waals surface area contributed by atoms with E-state index in [2.05, 4.69) is 38.1 Å². The maximum absolute atomic E-state index is 4.75. The van der Waals surface area contributed by atoms with Crippen LogP contribution in [0.4, 0.5) is 0 Å². The van der Waals surface area contributed by atoms with Crippen molar-refractivity contribution in [2.45, 2.75) is 44.9 Å². The summed E-state index contributed by atoms with van der Waals surface area (Å²) in [5.41, 5.74) is 0.170. The molecule has 4 nitrogen and oxygen atoms in total. The largest absolute Gasteiger partial charge is 0.316 e. The van der Waals surface area contributed by atoms with Crippen LogP contribution in [-0.4, -0.2) is 27.9 Å². The van der Waals surface area contributed by atoms with Gasteiger partial charge in [-0.1, -0.05) is 27.7 Å². The van der Waals surface area contributed by atoms with E-state index in [0.717, 1.165) is 31.2 Å². The van der Waals surface area contributed by atoms with Gasteiger partial charge < -0.3 is 5.32 Å². The van der Waals surface area contributed by atoms with Gasteiger partial charge in [0.1, 0.15) is 5.82 Å². The lowest BCUT2D eigenvalue weighted by molar-refractivity contribution is 0.461. The van der Waals surface area contributed by atoms with Crippen LogP contribution >= 0.6 is 0 Å². The minimum atomic E-state index is 0.0262. The van der Waals surface area contributed by atoms with Gasteiger partial charge in [0, 0.05) is 24.4 Å². The minimum Gasteiger partial charge on any atom is -0.316 e. The normalized spacial score (nSPS) is 26.3. The molecule has 4 heteroatoms. The van der Waals surface area contributed by atoms with Gasteiger partial charge in [-0.15, -0.1) is 0 Å². The molecule has 1 atom stereocenters. The van der Waals surface area contributed by atoms with E-state index in [9.17, 15) is 0 Å². The number of rotatable bonds is 1. The van der Waals surface area contributed by atoms with Crippen LogP contribution in [0.1, 0.15) is 45.8 Å². The fraction of sp³-hybridized carbons (Fsp3) is 0.833. The molecule has 1 unspecified atom stereocenters. The monoisotopic (exact) mass is 222 g/mol. The van der Waals surface area contributed by atoms with Gasteiger partial charge in [0.2, 0.25) is 0 Å². The Morgan fingerprint density at radius 3 is 2.50 bits per heavy atom. The zero-order valence-corrected chi connectivity index (χ0v) is 11.0. The molecular weight excluding hydrogens is 200 g/mol. The van der Waals surface area contributed by atoms with Gasteiger partial charge in [-0.3, -0.25) is 4.68 Å². The van der Waals surface area contributed by atoms with Crippen LogP contribution in [-0.2, 0) is 17.9 Å². The van der Waals surface area contributed by atoms with Gasteiger partial charge in [-0.25, -0.2) is 4.98 Å². The van der Waals surface area contributed by atoms with Gasteiger partial charge in [0.05, 0.1) is 0 Å². The second kappa shape index (κ2) is 3.55. The first-order valence-corrected chi connectivity index (χ1v) is 5.96. The third kappa shape index (κ3) is 1.86. The van der Waals surface area contributed by atoms with Crippen molar-refractivity contribution in [2.75, 3.05) is 13.1 Å². The Balaban J connectivity index is 2.39. The molecule has 0 aliphatic carbocycles. The van der Waals surface area contributed by atoms with Crippen molar-refractivity contribution in [3.05, 3.63) is 11.6 Å². The highest BCUT2D eigenvalue weighted by Crippen LogP contribution is 2.30. The SMILES string of the molecule is Cn1nc(C(C)(C)C)nc1C1(C)CCNC1. The summed E-state index contributed by atoms with van der Waals surface area (Å²) >= 11 is 0. The van der Waals surface area contributed by atoms with E-state index in [4.69, 9.17) is 4.98 Å². The van der Waals surface area contributed by atoms with Crippen LogP contribution in [0.25, 0.3) is 0 Å². The van der Waals surface area contributed by atoms with Gasteiger partial charge in [0.25, 0.3) is 0 Å². The molecule has 0 radical (unpaired) electrons. The maximum Gasteiger partial charge on any atom is 0.156 e. The van der Waals surface area contributed by atoms with Crippen molar-refractivity contribution in [3.8, 4) is 0 Å². The molecule has 0 bridgehead atoms. The highest BCUT2D eigenvalue weighted by molar-refractivity contribution is 5.14. The Bertz CT molecular complexity index is 380. The summed E-state index contributed by atoms with van der Waals surface area (Å²) in [6, 6.07) is 0. The number of nitrogens with zero attached hydrogens (tertiary/aromatic N) is 3. The maximum atomic E-state index is 4.75. The Morgan fingerprint density at radius 1 is 1.38 bits per heavy atom. The Hall–Kier alpha value is -0.900. The standard InChI is InChI=1S/C12H22N4/c1-11(2,3)9-14-10(16(5)15-9)12(4)6-7-13-8-12/h13H,6-8H2,1-5H3. The molecule has 0 spiro atoms. The van der Waals surface area contributed by atoms with Crippen molar-refractivity contribution in [3.63, 3.8) is 0 Å². The molecule has 1 aliphatic rings. The first kappa shape index (κ1) is 11.6. The van der Waals surface area contributed by atoms with Gasteiger partial charge in [-0.05, 0) is 13.0 Å². The zero-order chi connectivity index (χ0) is 12.0. The molecular formula is C12H22N4. The molecule has 1 saturated heterocycles. The summed E-state index contributed by atoms with van der Waals surface area (Å²) in [6.07, 6.45) is 1.14. The molecule has 0 saturated carbocycles. The fourth-order valence-electron chi connectivity index (χ4n) is 2.24. The van der Waals surface area contributed by atoms with E-state index >= 15 is 0 Å². The Morgan fingerprint density at radius 2 is 2.06 bits per heavy atom. The molecule has 1 N–H and O–H groups in total. The van der Waals surface area contributed by atoms with Crippen LogP contribution in [0, 0.1) is 0 Å². The van der Waals surface area contributed by atoms with Gasteiger partial charge >= 0.3 is 0 Å². The van der Waals surface area contributed by atoms with Crippen molar-refractivity contribution in [1.29, 1.82) is 0 Å². The molecule has 0 aromatic carbocycles. The second-order valence-electron chi connectivity index (χ2n) is 6.12. The molecule has 2 rings (SSSR count). The third-order valence-corrected chi connectivity index (χ3v) is 3.34. The van der Waals surface area contributed by atoms with Crippen LogP contribution in [0.15, 0.2) is 0 Å². The van der Waals surface area contributed by atoms with Crippen LogP contribution in [0.5, 0.6) is 0 Å². The molecule has 2 heterocycles. The van der Waals surface area contributed by atoms with E-state index in [1.807, 2.05) is 11.7 Å². The van der Waals surface area contributed by atoms with E-state index in [-0.39, 0.29) is 10.8 Å². The summed E-state index contributed by atoms with van der Waals surface area (Å²) in [4.78, 5) is 4.75. The molecule has 1 aliphatic heterocycles. The first-order valence-electron chi connectivity index (χ1n) is 5.96. The van der Waals surface area contributed by atoms with Gasteiger partial charge in [0.15, 0.2) is 5.82 Å². The lowest BCUT2D eigenvalue weighted by Gasteiger charge is -2.20. The summed E-state index contributed by atoms with van der Waals surface area (Å²) < 4.78 is 1.95. The van der Waals surface area contributed by atoms with E-state index in [1.165, 1.54) is 0 Å². The number of aryl methyl sites for hydroxylation is 1. The fourth-order valence-corrected chi connectivity index (χ4v) is 2.24. The predicted molar refractivity (Wildman–Crippen MR) is 64.5 cm³/mol.